The number of urea groups is 1. The van der Waals surface area contributed by atoms with Gasteiger partial charge in [-0.3, -0.25) is 10.3 Å². The van der Waals surface area contributed by atoms with Gasteiger partial charge in [0, 0.05) is 55.4 Å². The first-order valence-corrected chi connectivity index (χ1v) is 10.4. The molecule has 4 rings (SSSR count). The van der Waals surface area contributed by atoms with E-state index in [1.54, 1.807) is 18.6 Å². The van der Waals surface area contributed by atoms with Gasteiger partial charge >= 0.3 is 11.8 Å². The second kappa shape index (κ2) is 9.18. The van der Waals surface area contributed by atoms with E-state index in [1.807, 2.05) is 32.9 Å². The Hall–Kier alpha value is -3.73. The topological polar surface area (TPSA) is 138 Å². The number of pyridine rings is 2. The first-order chi connectivity index (χ1) is 15.4. The zero-order valence-electron chi connectivity index (χ0n) is 18.1. The van der Waals surface area contributed by atoms with Crippen LogP contribution in [0, 0.1) is 0 Å². The van der Waals surface area contributed by atoms with Crippen LogP contribution < -0.4 is 21.3 Å². The summed E-state index contributed by atoms with van der Waals surface area (Å²) in [6.07, 6.45) is 5.06. The number of hydrogen-bond donors (Lipinski definition) is 3. The summed E-state index contributed by atoms with van der Waals surface area (Å²) in [6.45, 7) is 7.78. The van der Waals surface area contributed by atoms with Crippen molar-refractivity contribution < 1.29 is 13.9 Å². The van der Waals surface area contributed by atoms with Gasteiger partial charge in [0.05, 0.1) is 23.5 Å². The number of nitrogens with zero attached hydrogens (tertiary/aromatic N) is 4. The van der Waals surface area contributed by atoms with Crippen LogP contribution in [0.5, 0.6) is 0 Å². The Morgan fingerprint density at radius 2 is 1.94 bits per heavy atom. The molecule has 0 aromatic carbocycles. The fourth-order valence-corrected chi connectivity index (χ4v) is 3.75. The number of nitrogens with one attached hydrogen (secondary N) is 3. The van der Waals surface area contributed by atoms with Crippen molar-refractivity contribution in [3.8, 4) is 22.6 Å². The third kappa shape index (κ3) is 4.78. The number of rotatable bonds is 5. The maximum atomic E-state index is 12.0. The first-order valence-electron chi connectivity index (χ1n) is 10.4. The molecule has 1 fully saturated rings. The minimum Gasteiger partial charge on any atom is -0.388 e. The van der Waals surface area contributed by atoms with Crippen molar-refractivity contribution in [3.05, 3.63) is 41.3 Å². The van der Waals surface area contributed by atoms with Crippen molar-refractivity contribution in [2.45, 2.75) is 33.0 Å². The number of morpholine rings is 1. The van der Waals surface area contributed by atoms with Gasteiger partial charge in [0.2, 0.25) is 0 Å². The number of ether oxygens (including phenoxy) is 1. The molecule has 0 aliphatic carbocycles. The third-order valence-corrected chi connectivity index (χ3v) is 4.96. The molecule has 0 saturated carbocycles. The molecule has 11 heteroatoms. The maximum Gasteiger partial charge on any atom is 0.434 e. The monoisotopic (exact) mass is 439 g/mol. The Morgan fingerprint density at radius 3 is 2.62 bits per heavy atom. The fraction of sp³-hybridized carbons (Fsp3) is 0.381. The molecule has 3 aromatic heterocycles. The summed E-state index contributed by atoms with van der Waals surface area (Å²) in [6, 6.07) is 3.35. The largest absolute Gasteiger partial charge is 0.434 e. The van der Waals surface area contributed by atoms with E-state index in [9.17, 15) is 9.59 Å². The third-order valence-electron chi connectivity index (χ3n) is 4.96. The highest BCUT2D eigenvalue weighted by Gasteiger charge is 2.25. The average molecular weight is 439 g/mol. The molecular weight excluding hydrogens is 414 g/mol. The number of hydrogen-bond acceptors (Lipinski definition) is 8. The number of aromatic amines is 1. The van der Waals surface area contributed by atoms with Crippen LogP contribution >= 0.6 is 0 Å². The molecule has 1 aliphatic heterocycles. The zero-order chi connectivity index (χ0) is 22.7. The van der Waals surface area contributed by atoms with Crippen molar-refractivity contribution in [1.29, 1.82) is 0 Å². The lowest BCUT2D eigenvalue weighted by atomic mass is 10.0. The number of anilines is 2. The lowest BCUT2D eigenvalue weighted by molar-refractivity contribution is -0.00518. The standard InChI is InChI=1S/C21H25N7O4/c1-4-23-20(29)25-18-6-17(28-10-12(2)31-13(3)11-28)16(9-24-18)14-5-15(8-22-7-14)19-26-27-21(30)32-19/h5-9,12-13H,4,10-11H2,1-3H3,(H,27,30)(H2,23,24,25,29). The van der Waals surface area contributed by atoms with E-state index in [1.165, 1.54) is 0 Å². The summed E-state index contributed by atoms with van der Waals surface area (Å²) in [5, 5.41) is 11.6. The average Bonchev–Trinajstić information content (AvgIpc) is 3.20. The minimum absolute atomic E-state index is 0.0438. The highest BCUT2D eigenvalue weighted by Crippen LogP contribution is 2.35. The Bertz CT molecular complexity index is 1150. The van der Waals surface area contributed by atoms with Crippen LogP contribution in [-0.2, 0) is 4.74 Å². The Kier molecular flexibility index (Phi) is 6.17. The number of carbonyl (C=O) groups excluding carboxylic acids is 1. The fourth-order valence-electron chi connectivity index (χ4n) is 3.75. The molecule has 4 heterocycles. The van der Waals surface area contributed by atoms with E-state index < -0.39 is 5.76 Å². The van der Waals surface area contributed by atoms with Crippen LogP contribution in [-0.4, -0.2) is 58.0 Å². The summed E-state index contributed by atoms with van der Waals surface area (Å²) in [5.74, 6) is -0.0456. The maximum absolute atomic E-state index is 12.0. The minimum atomic E-state index is -0.634. The Labute approximate surface area is 184 Å². The van der Waals surface area contributed by atoms with Gasteiger partial charge in [0.1, 0.15) is 5.82 Å². The molecule has 0 bridgehead atoms. The van der Waals surface area contributed by atoms with Gasteiger partial charge in [0.25, 0.3) is 5.89 Å². The smallest absolute Gasteiger partial charge is 0.388 e. The van der Waals surface area contributed by atoms with Crippen LogP contribution in [0.4, 0.5) is 16.3 Å². The summed E-state index contributed by atoms with van der Waals surface area (Å²) >= 11 is 0. The molecule has 3 aromatic rings. The zero-order valence-corrected chi connectivity index (χ0v) is 18.1. The molecular formula is C21H25N7O4. The van der Waals surface area contributed by atoms with Gasteiger partial charge in [-0.25, -0.2) is 19.7 Å². The normalized spacial score (nSPS) is 18.4. The molecule has 2 unspecified atom stereocenters. The van der Waals surface area contributed by atoms with Crippen LogP contribution in [0.2, 0.25) is 0 Å². The summed E-state index contributed by atoms with van der Waals surface area (Å²) in [7, 11) is 0. The number of carbonyl (C=O) groups is 1. The van der Waals surface area contributed by atoms with E-state index in [0.29, 0.717) is 31.0 Å². The molecule has 168 valence electrons. The molecule has 0 spiro atoms. The van der Waals surface area contributed by atoms with Crippen LogP contribution in [0.25, 0.3) is 22.6 Å². The first kappa shape index (κ1) is 21.5. The van der Waals surface area contributed by atoms with E-state index in [2.05, 4.69) is 35.7 Å². The van der Waals surface area contributed by atoms with Gasteiger partial charge in [-0.2, -0.15) is 0 Å². The van der Waals surface area contributed by atoms with Crippen molar-refractivity contribution in [2.24, 2.45) is 0 Å². The van der Waals surface area contributed by atoms with E-state index in [0.717, 1.165) is 16.8 Å². The summed E-state index contributed by atoms with van der Waals surface area (Å²) in [5.41, 5.74) is 3.03. The summed E-state index contributed by atoms with van der Waals surface area (Å²) < 4.78 is 10.9. The molecule has 1 aliphatic rings. The predicted molar refractivity (Wildman–Crippen MR) is 119 cm³/mol. The van der Waals surface area contributed by atoms with Gasteiger partial charge < -0.3 is 19.4 Å². The number of amides is 2. The van der Waals surface area contributed by atoms with Gasteiger partial charge in [-0.05, 0) is 26.8 Å². The molecule has 32 heavy (non-hydrogen) atoms. The quantitative estimate of drug-likeness (QED) is 0.550. The highest BCUT2D eigenvalue weighted by molar-refractivity contribution is 5.90. The Morgan fingerprint density at radius 1 is 1.19 bits per heavy atom. The van der Waals surface area contributed by atoms with Crippen LogP contribution in [0.1, 0.15) is 20.8 Å². The van der Waals surface area contributed by atoms with Crippen LogP contribution in [0.3, 0.4) is 0 Å². The molecule has 3 N–H and O–H groups in total. The second-order valence-corrected chi connectivity index (χ2v) is 7.61. The number of H-pyrrole nitrogens is 1. The molecule has 0 radical (unpaired) electrons. The van der Waals surface area contributed by atoms with E-state index >= 15 is 0 Å². The SMILES string of the molecule is CCNC(=O)Nc1cc(N2CC(C)OC(C)C2)c(-c2cncc(-c3n[nH]c(=O)o3)c2)cn1. The van der Waals surface area contributed by atoms with E-state index in [-0.39, 0.29) is 24.1 Å². The summed E-state index contributed by atoms with van der Waals surface area (Å²) in [4.78, 5) is 34.3. The molecule has 1 saturated heterocycles. The van der Waals surface area contributed by atoms with Crippen molar-refractivity contribution in [3.63, 3.8) is 0 Å². The van der Waals surface area contributed by atoms with E-state index in [4.69, 9.17) is 9.15 Å². The highest BCUT2D eigenvalue weighted by atomic mass is 16.5. The van der Waals surface area contributed by atoms with Gasteiger partial charge in [0.15, 0.2) is 0 Å². The molecule has 2 atom stereocenters. The lowest BCUT2D eigenvalue weighted by Gasteiger charge is -2.37. The van der Waals surface area contributed by atoms with Crippen molar-refractivity contribution >= 4 is 17.5 Å². The Balaban J connectivity index is 1.75. The predicted octanol–water partition coefficient (Wildman–Crippen LogP) is 2.24. The molecule has 11 nitrogen and oxygen atoms in total. The number of aromatic nitrogens is 4. The lowest BCUT2D eigenvalue weighted by Crippen LogP contribution is -2.45. The second-order valence-electron chi connectivity index (χ2n) is 7.61. The van der Waals surface area contributed by atoms with Crippen LogP contribution in [0.15, 0.2) is 39.9 Å². The van der Waals surface area contributed by atoms with Gasteiger partial charge in [-0.15, -0.1) is 5.10 Å². The van der Waals surface area contributed by atoms with Crippen molar-refractivity contribution in [2.75, 3.05) is 29.9 Å². The van der Waals surface area contributed by atoms with Gasteiger partial charge in [-0.1, -0.05) is 0 Å². The van der Waals surface area contributed by atoms with Crippen molar-refractivity contribution in [1.82, 2.24) is 25.5 Å². The molecule has 2 amide bonds.